The normalized spacial score (nSPS) is 11.1. The molecule has 0 fully saturated rings. The molecule has 0 saturated heterocycles. The molecule has 0 aliphatic carbocycles. The molecule has 0 unspecified atom stereocenters. The summed E-state index contributed by atoms with van der Waals surface area (Å²) >= 11 is 0. The van der Waals surface area contributed by atoms with Crippen molar-refractivity contribution in [3.05, 3.63) is 28.8 Å². The summed E-state index contributed by atoms with van der Waals surface area (Å²) in [6, 6.07) is 5.04. The molecule has 0 aliphatic heterocycles. The SMILES string of the molecule is CCc1c(C)ccc(C#N)c1S(=O)(=O)Cl. The molecule has 0 spiro atoms. The van der Waals surface area contributed by atoms with E-state index in [1.165, 1.54) is 6.07 Å². The van der Waals surface area contributed by atoms with Gasteiger partial charge in [0, 0.05) is 10.7 Å². The Hall–Kier alpha value is -1.05. The van der Waals surface area contributed by atoms with Crippen LogP contribution in [0.3, 0.4) is 0 Å². The highest BCUT2D eigenvalue weighted by Crippen LogP contribution is 2.27. The molecule has 15 heavy (non-hydrogen) atoms. The summed E-state index contributed by atoms with van der Waals surface area (Å²) in [5.74, 6) is 0. The molecule has 80 valence electrons. The Labute approximate surface area is 93.7 Å². The van der Waals surface area contributed by atoms with E-state index in [9.17, 15) is 8.42 Å². The minimum atomic E-state index is -3.86. The first-order valence-electron chi connectivity index (χ1n) is 4.39. The molecule has 0 atom stereocenters. The van der Waals surface area contributed by atoms with Crippen LogP contribution >= 0.6 is 10.7 Å². The zero-order valence-corrected chi connectivity index (χ0v) is 9.98. The van der Waals surface area contributed by atoms with Gasteiger partial charge < -0.3 is 0 Å². The van der Waals surface area contributed by atoms with E-state index in [-0.39, 0.29) is 10.5 Å². The number of halogens is 1. The van der Waals surface area contributed by atoms with Crippen molar-refractivity contribution in [1.29, 1.82) is 5.26 Å². The van der Waals surface area contributed by atoms with Crippen LogP contribution in [-0.4, -0.2) is 8.42 Å². The minimum absolute atomic E-state index is 0.0471. The number of nitrogens with zero attached hydrogens (tertiary/aromatic N) is 1. The Kier molecular flexibility index (Phi) is 3.38. The van der Waals surface area contributed by atoms with Gasteiger partial charge in [-0.05, 0) is 30.5 Å². The first-order chi connectivity index (χ1) is 6.91. The van der Waals surface area contributed by atoms with Gasteiger partial charge in [-0.2, -0.15) is 5.26 Å². The number of hydrogen-bond acceptors (Lipinski definition) is 3. The first kappa shape index (κ1) is 12.0. The van der Waals surface area contributed by atoms with E-state index in [0.29, 0.717) is 12.0 Å². The predicted octanol–water partition coefficient (Wildman–Crippen LogP) is 2.36. The van der Waals surface area contributed by atoms with Gasteiger partial charge in [0.2, 0.25) is 0 Å². The van der Waals surface area contributed by atoms with Gasteiger partial charge in [-0.15, -0.1) is 0 Å². The lowest BCUT2D eigenvalue weighted by atomic mass is 10.0. The van der Waals surface area contributed by atoms with Crippen molar-refractivity contribution >= 4 is 19.7 Å². The van der Waals surface area contributed by atoms with E-state index in [2.05, 4.69) is 0 Å². The second kappa shape index (κ2) is 4.21. The van der Waals surface area contributed by atoms with Crippen molar-refractivity contribution < 1.29 is 8.42 Å². The van der Waals surface area contributed by atoms with E-state index in [4.69, 9.17) is 15.9 Å². The van der Waals surface area contributed by atoms with Crippen molar-refractivity contribution in [3.63, 3.8) is 0 Å². The summed E-state index contributed by atoms with van der Waals surface area (Å²) in [5, 5.41) is 8.82. The number of benzene rings is 1. The molecule has 0 saturated carbocycles. The van der Waals surface area contributed by atoms with Crippen molar-refractivity contribution in [2.24, 2.45) is 0 Å². The van der Waals surface area contributed by atoms with Gasteiger partial charge in [0.15, 0.2) is 0 Å². The average molecular weight is 244 g/mol. The van der Waals surface area contributed by atoms with Crippen LogP contribution in [0.5, 0.6) is 0 Å². The lowest BCUT2D eigenvalue weighted by molar-refractivity contribution is 0.608. The highest BCUT2D eigenvalue weighted by molar-refractivity contribution is 8.13. The lowest BCUT2D eigenvalue weighted by Crippen LogP contribution is -2.03. The Balaban J connectivity index is 3.73. The third-order valence-electron chi connectivity index (χ3n) is 2.21. The maximum absolute atomic E-state index is 11.4. The van der Waals surface area contributed by atoms with Crippen molar-refractivity contribution in [1.82, 2.24) is 0 Å². The maximum atomic E-state index is 11.4. The Morgan fingerprint density at radius 3 is 2.47 bits per heavy atom. The summed E-state index contributed by atoms with van der Waals surface area (Å²) in [5.41, 5.74) is 1.55. The summed E-state index contributed by atoms with van der Waals surface area (Å²) in [4.78, 5) is -0.0471. The molecule has 0 radical (unpaired) electrons. The number of rotatable bonds is 2. The standard InChI is InChI=1S/C10H10ClNO2S/c1-3-9-7(2)4-5-8(6-12)10(9)15(11,13)14/h4-5H,3H2,1-2H3. The van der Waals surface area contributed by atoms with Gasteiger partial charge in [0.1, 0.15) is 11.0 Å². The third kappa shape index (κ3) is 2.31. The first-order valence-corrected chi connectivity index (χ1v) is 6.70. The van der Waals surface area contributed by atoms with Gasteiger partial charge >= 0.3 is 0 Å². The lowest BCUT2D eigenvalue weighted by Gasteiger charge is -2.09. The molecule has 0 heterocycles. The molecular weight excluding hydrogens is 234 g/mol. The second-order valence-corrected chi connectivity index (χ2v) is 5.64. The highest BCUT2D eigenvalue weighted by Gasteiger charge is 2.20. The molecule has 0 N–H and O–H groups in total. The van der Waals surface area contributed by atoms with Crippen LogP contribution in [0.1, 0.15) is 23.6 Å². The van der Waals surface area contributed by atoms with Crippen molar-refractivity contribution in [2.45, 2.75) is 25.2 Å². The molecule has 5 heteroatoms. The third-order valence-corrected chi connectivity index (χ3v) is 3.63. The van der Waals surface area contributed by atoms with E-state index in [1.54, 1.807) is 13.0 Å². The van der Waals surface area contributed by atoms with Crippen LogP contribution in [0.25, 0.3) is 0 Å². The van der Waals surface area contributed by atoms with Gasteiger partial charge in [0.25, 0.3) is 9.05 Å². The Morgan fingerprint density at radius 2 is 2.07 bits per heavy atom. The van der Waals surface area contributed by atoms with Crippen LogP contribution in [-0.2, 0) is 15.5 Å². The zero-order chi connectivity index (χ0) is 11.6. The highest BCUT2D eigenvalue weighted by atomic mass is 35.7. The quantitative estimate of drug-likeness (QED) is 0.750. The average Bonchev–Trinajstić information content (AvgIpc) is 2.15. The fraction of sp³-hybridized carbons (Fsp3) is 0.300. The fourth-order valence-corrected chi connectivity index (χ4v) is 3.04. The Morgan fingerprint density at radius 1 is 1.47 bits per heavy atom. The molecule has 3 nitrogen and oxygen atoms in total. The summed E-state index contributed by atoms with van der Waals surface area (Å²) in [6.07, 6.45) is 0.530. The molecule has 0 aliphatic rings. The molecule has 1 rings (SSSR count). The minimum Gasteiger partial charge on any atom is -0.207 e. The monoisotopic (exact) mass is 243 g/mol. The number of hydrogen-bond donors (Lipinski definition) is 0. The van der Waals surface area contributed by atoms with Crippen LogP contribution in [0.4, 0.5) is 0 Å². The summed E-state index contributed by atoms with van der Waals surface area (Å²) in [6.45, 7) is 3.63. The Bertz CT molecular complexity index is 529. The summed E-state index contributed by atoms with van der Waals surface area (Å²) < 4.78 is 22.7. The van der Waals surface area contributed by atoms with Gasteiger partial charge in [0.05, 0.1) is 5.56 Å². The van der Waals surface area contributed by atoms with E-state index in [0.717, 1.165) is 5.56 Å². The topological polar surface area (TPSA) is 57.9 Å². The largest absolute Gasteiger partial charge is 0.262 e. The van der Waals surface area contributed by atoms with Crippen LogP contribution in [0, 0.1) is 18.3 Å². The van der Waals surface area contributed by atoms with Crippen LogP contribution in [0.2, 0.25) is 0 Å². The zero-order valence-electron chi connectivity index (χ0n) is 8.41. The fourth-order valence-electron chi connectivity index (χ4n) is 1.53. The number of aryl methyl sites for hydroxylation is 1. The van der Waals surface area contributed by atoms with E-state index < -0.39 is 9.05 Å². The second-order valence-electron chi connectivity index (χ2n) is 3.14. The molecule has 0 bridgehead atoms. The van der Waals surface area contributed by atoms with E-state index >= 15 is 0 Å². The molecule has 1 aromatic carbocycles. The molecule has 0 aromatic heterocycles. The molecule has 1 aromatic rings. The van der Waals surface area contributed by atoms with Crippen molar-refractivity contribution in [2.75, 3.05) is 0 Å². The van der Waals surface area contributed by atoms with E-state index in [1.807, 2.05) is 13.0 Å². The number of nitriles is 1. The van der Waals surface area contributed by atoms with Crippen LogP contribution in [0.15, 0.2) is 17.0 Å². The van der Waals surface area contributed by atoms with Gasteiger partial charge in [-0.1, -0.05) is 13.0 Å². The van der Waals surface area contributed by atoms with Gasteiger partial charge in [-0.25, -0.2) is 8.42 Å². The molecular formula is C10H10ClNO2S. The predicted molar refractivity (Wildman–Crippen MR) is 58.3 cm³/mol. The van der Waals surface area contributed by atoms with Gasteiger partial charge in [-0.3, -0.25) is 0 Å². The maximum Gasteiger partial charge on any atom is 0.262 e. The summed E-state index contributed by atoms with van der Waals surface area (Å²) in [7, 11) is 1.46. The molecule has 0 amide bonds. The van der Waals surface area contributed by atoms with Crippen LogP contribution < -0.4 is 0 Å². The smallest absolute Gasteiger partial charge is 0.207 e. The van der Waals surface area contributed by atoms with Crippen molar-refractivity contribution in [3.8, 4) is 6.07 Å².